The number of aromatic nitrogens is 4. The van der Waals surface area contributed by atoms with Crippen molar-refractivity contribution in [3.05, 3.63) is 57.5 Å². The average molecular weight is 399 g/mol. The summed E-state index contributed by atoms with van der Waals surface area (Å²) >= 11 is 0. The van der Waals surface area contributed by atoms with Crippen molar-refractivity contribution in [3.8, 4) is 0 Å². The monoisotopic (exact) mass is 399 g/mol. The molecule has 1 unspecified atom stereocenters. The predicted octanol–water partition coefficient (Wildman–Crippen LogP) is 3.00. The van der Waals surface area contributed by atoms with Crippen LogP contribution < -0.4 is 10.5 Å². The van der Waals surface area contributed by atoms with Crippen LogP contribution in [0.4, 0.5) is 10.1 Å². The van der Waals surface area contributed by atoms with Crippen molar-refractivity contribution in [2.75, 3.05) is 18.0 Å². The van der Waals surface area contributed by atoms with Gasteiger partial charge in [0.05, 0.1) is 18.4 Å². The third kappa shape index (κ3) is 3.76. The number of nitrogens with one attached hydrogen (secondary N) is 1. The molecule has 1 saturated heterocycles. The number of benzene rings is 1. The summed E-state index contributed by atoms with van der Waals surface area (Å²) in [5, 5.41) is 2.95. The number of halogens is 1. The van der Waals surface area contributed by atoms with Gasteiger partial charge in [-0.1, -0.05) is 26.0 Å². The van der Waals surface area contributed by atoms with Gasteiger partial charge in [0.1, 0.15) is 17.3 Å². The number of hydrogen-bond acceptors (Lipinski definition) is 5. The molecule has 154 valence electrons. The van der Waals surface area contributed by atoms with E-state index in [-0.39, 0.29) is 22.9 Å². The smallest absolute Gasteiger partial charge is 0.297 e. The first-order valence-corrected chi connectivity index (χ1v) is 9.81. The highest BCUT2D eigenvalue weighted by atomic mass is 19.1. The van der Waals surface area contributed by atoms with Crippen molar-refractivity contribution in [1.29, 1.82) is 0 Å². The number of anilines is 1. The van der Waals surface area contributed by atoms with Crippen LogP contribution in [0.1, 0.15) is 37.4 Å². The molecule has 1 atom stereocenters. The Labute approximate surface area is 168 Å². The van der Waals surface area contributed by atoms with Gasteiger partial charge < -0.3 is 9.64 Å². The highest BCUT2D eigenvalue weighted by molar-refractivity contribution is 5.52. The largest absolute Gasteiger partial charge is 0.373 e. The van der Waals surface area contributed by atoms with Crippen LogP contribution in [0.15, 0.2) is 29.1 Å². The fourth-order valence-electron chi connectivity index (χ4n) is 4.14. The summed E-state index contributed by atoms with van der Waals surface area (Å²) < 4.78 is 21.0. The Morgan fingerprint density at radius 3 is 2.83 bits per heavy atom. The highest BCUT2D eigenvalue weighted by Crippen LogP contribution is 2.34. The van der Waals surface area contributed by atoms with Crippen molar-refractivity contribution in [1.82, 2.24) is 19.6 Å². The van der Waals surface area contributed by atoms with Gasteiger partial charge >= 0.3 is 0 Å². The molecule has 4 rings (SSSR count). The number of H-pyrrole nitrogens is 1. The summed E-state index contributed by atoms with van der Waals surface area (Å²) in [5.74, 6) is 0.783. The lowest BCUT2D eigenvalue weighted by atomic mass is 9.80. The van der Waals surface area contributed by atoms with Crippen molar-refractivity contribution >= 4 is 11.5 Å². The second kappa shape index (κ2) is 7.26. The van der Waals surface area contributed by atoms with Gasteiger partial charge in [0.25, 0.3) is 11.3 Å². The Hall–Kier alpha value is -2.74. The lowest BCUT2D eigenvalue weighted by Crippen LogP contribution is -2.51. The van der Waals surface area contributed by atoms with E-state index in [1.807, 2.05) is 13.0 Å². The first kappa shape index (κ1) is 19.6. The molecule has 1 aliphatic rings. The molecule has 29 heavy (non-hydrogen) atoms. The SMILES string of the molecule is Cc1nc2nc(C)c(N3CCC(OCc4cccc(F)c4)C(C)(C)C3)c(=O)n2[nH]1. The molecule has 3 aromatic rings. The molecular weight excluding hydrogens is 373 g/mol. The minimum atomic E-state index is -0.256. The van der Waals surface area contributed by atoms with E-state index in [0.29, 0.717) is 42.7 Å². The summed E-state index contributed by atoms with van der Waals surface area (Å²) in [6, 6.07) is 6.49. The lowest BCUT2D eigenvalue weighted by molar-refractivity contribution is -0.0463. The zero-order valence-corrected chi connectivity index (χ0v) is 17.2. The van der Waals surface area contributed by atoms with Crippen LogP contribution in [-0.4, -0.2) is 38.8 Å². The number of aryl methyl sites for hydroxylation is 2. The molecule has 1 fully saturated rings. The molecule has 0 aliphatic carbocycles. The number of aromatic amines is 1. The van der Waals surface area contributed by atoms with E-state index in [2.05, 4.69) is 33.8 Å². The van der Waals surface area contributed by atoms with Crippen molar-refractivity contribution < 1.29 is 9.13 Å². The normalized spacial score (nSPS) is 19.1. The van der Waals surface area contributed by atoms with E-state index < -0.39 is 0 Å². The van der Waals surface area contributed by atoms with Crippen LogP contribution in [-0.2, 0) is 11.3 Å². The molecule has 1 N–H and O–H groups in total. The number of ether oxygens (including phenoxy) is 1. The Balaban J connectivity index is 1.53. The fraction of sp³-hybridized carbons (Fsp3) is 0.476. The summed E-state index contributed by atoms with van der Waals surface area (Å²) in [6.45, 7) is 9.64. The topological polar surface area (TPSA) is 75.5 Å². The quantitative estimate of drug-likeness (QED) is 0.730. The Morgan fingerprint density at radius 1 is 1.31 bits per heavy atom. The van der Waals surface area contributed by atoms with E-state index in [1.54, 1.807) is 13.0 Å². The van der Waals surface area contributed by atoms with Gasteiger partial charge in [-0.25, -0.2) is 9.37 Å². The van der Waals surface area contributed by atoms with E-state index >= 15 is 0 Å². The highest BCUT2D eigenvalue weighted by Gasteiger charge is 2.38. The van der Waals surface area contributed by atoms with Crippen LogP contribution in [0.2, 0.25) is 0 Å². The van der Waals surface area contributed by atoms with Crippen LogP contribution >= 0.6 is 0 Å². The molecular formula is C21H26FN5O2. The molecule has 1 aromatic carbocycles. The molecule has 0 saturated carbocycles. The first-order chi connectivity index (χ1) is 13.7. The predicted molar refractivity (Wildman–Crippen MR) is 109 cm³/mol. The minimum absolute atomic E-state index is 0.0103. The van der Waals surface area contributed by atoms with Crippen LogP contribution in [0, 0.1) is 25.1 Å². The number of piperidine rings is 1. The number of nitrogens with zero attached hydrogens (tertiary/aromatic N) is 4. The molecule has 8 heteroatoms. The van der Waals surface area contributed by atoms with Gasteiger partial charge in [0.2, 0.25) is 0 Å². The van der Waals surface area contributed by atoms with Crippen LogP contribution in [0.5, 0.6) is 0 Å². The molecule has 0 amide bonds. The standard InChI is InChI=1S/C21H26FN5O2/c1-13-18(19(28)27-20(23-13)24-14(2)25-27)26-9-8-17(21(3,4)12-26)29-11-15-6-5-7-16(22)10-15/h5-7,10,17H,8-9,11-12H2,1-4H3,(H,23,24,25). The van der Waals surface area contributed by atoms with Crippen LogP contribution in [0.25, 0.3) is 5.78 Å². The number of fused-ring (bicyclic) bond motifs is 1. The Morgan fingerprint density at radius 2 is 2.10 bits per heavy atom. The van der Waals surface area contributed by atoms with E-state index in [0.717, 1.165) is 12.0 Å². The molecule has 1 aliphatic heterocycles. The maximum atomic E-state index is 13.4. The zero-order chi connectivity index (χ0) is 20.8. The second-order valence-electron chi connectivity index (χ2n) is 8.42. The summed E-state index contributed by atoms with van der Waals surface area (Å²) in [6.07, 6.45) is 0.780. The minimum Gasteiger partial charge on any atom is -0.373 e. The molecule has 0 spiro atoms. The molecule has 0 bridgehead atoms. The first-order valence-electron chi connectivity index (χ1n) is 9.81. The maximum Gasteiger partial charge on any atom is 0.297 e. The fourth-order valence-corrected chi connectivity index (χ4v) is 4.14. The number of hydrogen-bond donors (Lipinski definition) is 1. The third-order valence-electron chi connectivity index (χ3n) is 5.55. The molecule has 0 radical (unpaired) electrons. The van der Waals surface area contributed by atoms with E-state index in [4.69, 9.17) is 4.74 Å². The van der Waals surface area contributed by atoms with E-state index in [9.17, 15) is 9.18 Å². The second-order valence-corrected chi connectivity index (χ2v) is 8.42. The Bertz CT molecular complexity index is 1100. The number of rotatable bonds is 4. The average Bonchev–Trinajstić information content (AvgIpc) is 3.01. The maximum absolute atomic E-state index is 13.4. The molecule has 7 nitrogen and oxygen atoms in total. The lowest BCUT2D eigenvalue weighted by Gasteiger charge is -2.44. The summed E-state index contributed by atoms with van der Waals surface area (Å²) in [5.41, 5.74) is 1.78. The van der Waals surface area contributed by atoms with Gasteiger partial charge in [-0.05, 0) is 38.0 Å². The van der Waals surface area contributed by atoms with Crippen LogP contribution in [0.3, 0.4) is 0 Å². The third-order valence-corrected chi connectivity index (χ3v) is 5.55. The van der Waals surface area contributed by atoms with E-state index in [1.165, 1.54) is 16.6 Å². The molecule has 3 heterocycles. The summed E-state index contributed by atoms with van der Waals surface area (Å²) in [7, 11) is 0. The van der Waals surface area contributed by atoms with Gasteiger partial charge in [0, 0.05) is 18.5 Å². The van der Waals surface area contributed by atoms with Gasteiger partial charge in [-0.15, -0.1) is 0 Å². The molecule has 2 aromatic heterocycles. The van der Waals surface area contributed by atoms with Crippen molar-refractivity contribution in [2.45, 2.75) is 46.8 Å². The van der Waals surface area contributed by atoms with Gasteiger partial charge in [-0.2, -0.15) is 9.50 Å². The van der Waals surface area contributed by atoms with Crippen molar-refractivity contribution in [3.63, 3.8) is 0 Å². The Kier molecular flexibility index (Phi) is 4.90. The zero-order valence-electron chi connectivity index (χ0n) is 17.2. The van der Waals surface area contributed by atoms with Crippen molar-refractivity contribution in [2.24, 2.45) is 5.41 Å². The summed E-state index contributed by atoms with van der Waals surface area (Å²) in [4.78, 5) is 23.9. The van der Waals surface area contributed by atoms with Gasteiger partial charge in [0.15, 0.2) is 0 Å². The van der Waals surface area contributed by atoms with Gasteiger partial charge in [-0.3, -0.25) is 9.89 Å².